The maximum atomic E-state index is 12.5. The van der Waals surface area contributed by atoms with E-state index in [9.17, 15) is 14.4 Å². The van der Waals surface area contributed by atoms with E-state index in [1.165, 1.54) is 0 Å². The van der Waals surface area contributed by atoms with Crippen LogP contribution in [0.1, 0.15) is 27.2 Å². The largest absolute Gasteiger partial charge is 0.484 e. The molecule has 0 aliphatic rings. The molecule has 0 spiro atoms. The van der Waals surface area contributed by atoms with Crippen molar-refractivity contribution < 1.29 is 23.5 Å². The van der Waals surface area contributed by atoms with Gasteiger partial charge >= 0.3 is 0 Å². The average Bonchev–Trinajstić information content (AvgIpc) is 3.29. The second-order valence-electron chi connectivity index (χ2n) is 8.11. The van der Waals surface area contributed by atoms with Gasteiger partial charge in [-0.2, -0.15) is 0 Å². The molecule has 35 heavy (non-hydrogen) atoms. The lowest BCUT2D eigenvalue weighted by atomic mass is 10.1. The number of carbonyl (C=O) groups excluding carboxylic acids is 3. The van der Waals surface area contributed by atoms with Crippen LogP contribution in [-0.4, -0.2) is 24.3 Å². The number of anilines is 1. The summed E-state index contributed by atoms with van der Waals surface area (Å²) in [6, 6.07) is 21.5. The van der Waals surface area contributed by atoms with Crippen LogP contribution in [0.25, 0.3) is 11.0 Å². The molecule has 1 heterocycles. The Hall–Kier alpha value is -4.59. The van der Waals surface area contributed by atoms with Crippen LogP contribution in [0.3, 0.4) is 0 Å². The van der Waals surface area contributed by atoms with Gasteiger partial charge in [-0.3, -0.25) is 25.2 Å². The zero-order chi connectivity index (χ0) is 24.8. The lowest BCUT2D eigenvalue weighted by Crippen LogP contribution is -2.44. The van der Waals surface area contributed by atoms with Gasteiger partial charge in [-0.1, -0.05) is 36.4 Å². The number of benzene rings is 3. The van der Waals surface area contributed by atoms with Crippen LogP contribution < -0.4 is 20.9 Å². The fraction of sp³-hybridized carbons (Fsp3) is 0.148. The maximum Gasteiger partial charge on any atom is 0.291 e. The molecule has 1 aromatic heterocycles. The van der Waals surface area contributed by atoms with Crippen molar-refractivity contribution >= 4 is 34.4 Å². The normalized spacial score (nSPS) is 10.6. The van der Waals surface area contributed by atoms with Gasteiger partial charge < -0.3 is 14.5 Å². The van der Waals surface area contributed by atoms with Crippen molar-refractivity contribution in [2.75, 3.05) is 11.9 Å². The third-order valence-corrected chi connectivity index (χ3v) is 5.42. The maximum absolute atomic E-state index is 12.5. The minimum atomic E-state index is -0.472. The third-order valence-electron chi connectivity index (χ3n) is 5.42. The van der Waals surface area contributed by atoms with Gasteiger partial charge in [0.15, 0.2) is 12.4 Å². The van der Waals surface area contributed by atoms with Crippen LogP contribution in [-0.2, 0) is 16.0 Å². The Morgan fingerprint density at radius 2 is 1.57 bits per heavy atom. The fourth-order valence-corrected chi connectivity index (χ4v) is 3.35. The summed E-state index contributed by atoms with van der Waals surface area (Å²) in [5.74, 6) is -0.421. The van der Waals surface area contributed by atoms with Gasteiger partial charge in [-0.15, -0.1) is 0 Å². The zero-order valence-corrected chi connectivity index (χ0v) is 19.4. The molecule has 4 aromatic rings. The second-order valence-corrected chi connectivity index (χ2v) is 8.11. The number of para-hydroxylation sites is 1. The minimum absolute atomic E-state index is 0.0517. The minimum Gasteiger partial charge on any atom is -0.484 e. The van der Waals surface area contributed by atoms with Crippen LogP contribution in [0.2, 0.25) is 0 Å². The summed E-state index contributed by atoms with van der Waals surface area (Å²) in [5.41, 5.74) is 8.82. The van der Waals surface area contributed by atoms with Crippen molar-refractivity contribution in [2.45, 2.75) is 20.3 Å². The van der Waals surface area contributed by atoms with E-state index in [4.69, 9.17) is 9.15 Å². The molecule has 0 saturated heterocycles. The number of hydrogen-bond donors (Lipinski definition) is 3. The van der Waals surface area contributed by atoms with Gasteiger partial charge in [-0.25, -0.2) is 0 Å². The molecule has 3 aromatic carbocycles. The van der Waals surface area contributed by atoms with E-state index in [2.05, 4.69) is 16.2 Å². The Bertz CT molecular complexity index is 1340. The van der Waals surface area contributed by atoms with Crippen molar-refractivity contribution in [3.63, 3.8) is 0 Å². The SMILES string of the molecule is Cc1ccc(OCC(=O)NNC(=O)Cc2ccc(NC(=O)c3cc4ccccc4o3)cc2)cc1C. The molecule has 0 aliphatic carbocycles. The van der Waals surface area contributed by atoms with Gasteiger partial charge in [0.1, 0.15) is 11.3 Å². The summed E-state index contributed by atoms with van der Waals surface area (Å²) in [4.78, 5) is 36.6. The molecule has 3 amide bonds. The standard InChI is InChI=1S/C27H25N3O5/c1-17-7-12-22(13-18(17)2)34-16-26(32)30-29-25(31)14-19-8-10-21(11-9-19)28-27(33)24-15-20-5-3-4-6-23(20)35-24/h3-13,15H,14,16H2,1-2H3,(H,28,33)(H,29,31)(H,30,32). The Labute approximate surface area is 202 Å². The molecule has 0 saturated carbocycles. The van der Waals surface area contributed by atoms with Crippen molar-refractivity contribution in [1.82, 2.24) is 10.9 Å². The molecule has 0 bridgehead atoms. The van der Waals surface area contributed by atoms with Crippen molar-refractivity contribution in [1.29, 1.82) is 0 Å². The van der Waals surface area contributed by atoms with Crippen LogP contribution >= 0.6 is 0 Å². The van der Waals surface area contributed by atoms with E-state index in [1.807, 2.05) is 44.2 Å². The highest BCUT2D eigenvalue weighted by Gasteiger charge is 2.13. The number of nitrogens with one attached hydrogen (secondary N) is 3. The lowest BCUT2D eigenvalue weighted by Gasteiger charge is -2.10. The van der Waals surface area contributed by atoms with Crippen LogP contribution in [0.4, 0.5) is 5.69 Å². The molecule has 0 atom stereocenters. The fourth-order valence-electron chi connectivity index (χ4n) is 3.35. The highest BCUT2D eigenvalue weighted by atomic mass is 16.5. The number of hydrazine groups is 1. The number of ether oxygens (including phenoxy) is 1. The Balaban J connectivity index is 1.22. The molecule has 0 fully saturated rings. The average molecular weight is 472 g/mol. The number of carbonyl (C=O) groups is 3. The second kappa shape index (κ2) is 10.6. The number of amides is 3. The van der Waals surface area contributed by atoms with Crippen LogP contribution in [0.15, 0.2) is 77.2 Å². The van der Waals surface area contributed by atoms with E-state index < -0.39 is 5.91 Å². The quantitative estimate of drug-likeness (QED) is 0.352. The number of aryl methyl sites for hydroxylation is 2. The number of furan rings is 1. The van der Waals surface area contributed by atoms with Gasteiger partial charge in [0.2, 0.25) is 5.91 Å². The monoisotopic (exact) mass is 471 g/mol. The van der Waals surface area contributed by atoms with E-state index in [0.29, 0.717) is 22.6 Å². The molecule has 0 radical (unpaired) electrons. The van der Waals surface area contributed by atoms with Gasteiger partial charge in [0, 0.05) is 11.1 Å². The molecule has 3 N–H and O–H groups in total. The number of hydrogen-bond acceptors (Lipinski definition) is 5. The molecule has 4 rings (SSSR count). The van der Waals surface area contributed by atoms with Gasteiger partial charge in [0.25, 0.3) is 11.8 Å². The molecular formula is C27H25N3O5. The number of fused-ring (bicyclic) bond motifs is 1. The molecule has 178 valence electrons. The van der Waals surface area contributed by atoms with Gasteiger partial charge in [-0.05, 0) is 66.9 Å². The number of rotatable bonds is 7. The van der Waals surface area contributed by atoms with Crippen LogP contribution in [0.5, 0.6) is 5.75 Å². The first-order chi connectivity index (χ1) is 16.9. The summed E-state index contributed by atoms with van der Waals surface area (Å²) in [6.45, 7) is 3.74. The Kier molecular flexibility index (Phi) is 7.11. The van der Waals surface area contributed by atoms with E-state index in [0.717, 1.165) is 16.5 Å². The predicted octanol–water partition coefficient (Wildman–Crippen LogP) is 4.07. The summed E-state index contributed by atoms with van der Waals surface area (Å²) in [7, 11) is 0. The summed E-state index contributed by atoms with van der Waals surface area (Å²) < 4.78 is 11.0. The first kappa shape index (κ1) is 23.6. The highest BCUT2D eigenvalue weighted by molar-refractivity contribution is 6.04. The van der Waals surface area contributed by atoms with Crippen molar-refractivity contribution in [3.05, 3.63) is 95.2 Å². The highest BCUT2D eigenvalue weighted by Crippen LogP contribution is 2.20. The molecule has 8 nitrogen and oxygen atoms in total. The Morgan fingerprint density at radius 1 is 0.829 bits per heavy atom. The Morgan fingerprint density at radius 3 is 2.31 bits per heavy atom. The molecule has 0 aliphatic heterocycles. The van der Waals surface area contributed by atoms with Gasteiger partial charge in [0.05, 0.1) is 6.42 Å². The first-order valence-corrected chi connectivity index (χ1v) is 11.0. The summed E-state index contributed by atoms with van der Waals surface area (Å²) >= 11 is 0. The molecular weight excluding hydrogens is 446 g/mol. The summed E-state index contributed by atoms with van der Waals surface area (Å²) in [5, 5.41) is 3.62. The van der Waals surface area contributed by atoms with Crippen molar-refractivity contribution in [3.8, 4) is 5.75 Å². The predicted molar refractivity (Wildman–Crippen MR) is 132 cm³/mol. The third kappa shape index (κ3) is 6.26. The van der Waals surface area contributed by atoms with E-state index >= 15 is 0 Å². The zero-order valence-electron chi connectivity index (χ0n) is 19.4. The topological polar surface area (TPSA) is 110 Å². The van der Waals surface area contributed by atoms with E-state index in [1.54, 1.807) is 42.5 Å². The van der Waals surface area contributed by atoms with Crippen LogP contribution in [0, 0.1) is 13.8 Å². The summed E-state index contributed by atoms with van der Waals surface area (Å²) in [6.07, 6.45) is 0.0517. The lowest BCUT2D eigenvalue weighted by molar-refractivity contribution is -0.129. The van der Waals surface area contributed by atoms with Crippen molar-refractivity contribution in [2.24, 2.45) is 0 Å². The smallest absolute Gasteiger partial charge is 0.291 e. The first-order valence-electron chi connectivity index (χ1n) is 11.0. The van der Waals surface area contributed by atoms with E-state index in [-0.39, 0.29) is 30.6 Å². The molecule has 0 unspecified atom stereocenters. The molecule has 8 heteroatoms.